The lowest BCUT2D eigenvalue weighted by molar-refractivity contribution is -0.133. The largest absolute Gasteiger partial charge is 0.352 e. The molecule has 1 saturated heterocycles. The maximum Gasteiger partial charge on any atom is 0.329 e. The molecule has 0 radical (unpaired) electrons. The van der Waals surface area contributed by atoms with Crippen molar-refractivity contribution in [3.63, 3.8) is 0 Å². The van der Waals surface area contributed by atoms with Crippen LogP contribution in [0.1, 0.15) is 16.8 Å². The topological polar surface area (TPSA) is 133 Å². The summed E-state index contributed by atoms with van der Waals surface area (Å²) in [4.78, 5) is 64.6. The number of hydrogen-bond acceptors (Lipinski definition) is 9. The van der Waals surface area contributed by atoms with Gasteiger partial charge in [-0.3, -0.25) is 23.9 Å². The Morgan fingerprint density at radius 3 is 2.77 bits per heavy atom. The molecular formula is C22H25N7O4S2. The fourth-order valence-corrected chi connectivity index (χ4v) is 6.44. The highest BCUT2D eigenvalue weighted by molar-refractivity contribution is 7.98. The van der Waals surface area contributed by atoms with E-state index >= 15 is 0 Å². The molecule has 0 unspecified atom stereocenters. The molecule has 3 aromatic heterocycles. The molecule has 0 atom stereocenters. The number of carbonyl (C=O) groups excluding carboxylic acids is 2. The molecule has 0 aliphatic carbocycles. The summed E-state index contributed by atoms with van der Waals surface area (Å²) >= 11 is 3.24. The number of aromatic amines is 1. The highest BCUT2D eigenvalue weighted by atomic mass is 32.2. The van der Waals surface area contributed by atoms with Gasteiger partial charge in [0.2, 0.25) is 11.8 Å². The molecule has 0 aromatic carbocycles. The Balaban J connectivity index is 1.16. The van der Waals surface area contributed by atoms with Gasteiger partial charge in [-0.25, -0.2) is 14.8 Å². The Bertz CT molecular complexity index is 1410. The second-order valence-electron chi connectivity index (χ2n) is 8.51. The fraction of sp³-hybridized carbons (Fsp3) is 0.455. The standard InChI is InChI=1S/C22H25N7O4S2/c1-13-10-35-19-18(13)24-12-25-20(19)28-5-3-27(4-6-28)17(31)8-23-16(30)9-29-15-2-7-34-11-14(15)21(32)26-22(29)33/h10,12H,2-9,11H2,1H3,(H,23,30)(H,26,32,33). The van der Waals surface area contributed by atoms with Crippen LogP contribution >= 0.6 is 23.1 Å². The summed E-state index contributed by atoms with van der Waals surface area (Å²) in [5.41, 5.74) is 2.25. The van der Waals surface area contributed by atoms with Crippen LogP contribution in [0.3, 0.4) is 0 Å². The number of anilines is 1. The van der Waals surface area contributed by atoms with E-state index < -0.39 is 11.6 Å². The number of hydrogen-bond donors (Lipinski definition) is 2. The average molecular weight is 516 g/mol. The first-order chi connectivity index (χ1) is 16.9. The summed E-state index contributed by atoms with van der Waals surface area (Å²) in [6.07, 6.45) is 2.13. The molecule has 0 saturated carbocycles. The van der Waals surface area contributed by atoms with Crippen molar-refractivity contribution in [3.05, 3.63) is 49.4 Å². The number of H-pyrrole nitrogens is 1. The summed E-state index contributed by atoms with van der Waals surface area (Å²) in [6, 6.07) is 0. The van der Waals surface area contributed by atoms with Gasteiger partial charge in [-0.05, 0) is 30.0 Å². The molecular weight excluding hydrogens is 490 g/mol. The predicted octanol–water partition coefficient (Wildman–Crippen LogP) is 0.104. The third kappa shape index (κ3) is 4.69. The third-order valence-electron chi connectivity index (χ3n) is 6.33. The normalized spacial score (nSPS) is 15.8. The van der Waals surface area contributed by atoms with Crippen molar-refractivity contribution in [3.8, 4) is 0 Å². The first kappa shape index (κ1) is 23.5. The molecule has 5 heterocycles. The number of amides is 2. The third-order valence-corrected chi connectivity index (χ3v) is 8.39. The molecule has 11 nitrogen and oxygen atoms in total. The minimum absolute atomic E-state index is 0.142. The number of thiophene rings is 1. The Morgan fingerprint density at radius 2 is 1.97 bits per heavy atom. The van der Waals surface area contributed by atoms with Gasteiger partial charge in [-0.2, -0.15) is 11.8 Å². The van der Waals surface area contributed by atoms with E-state index in [-0.39, 0.29) is 24.6 Å². The minimum atomic E-state index is -0.599. The number of carbonyl (C=O) groups is 2. The van der Waals surface area contributed by atoms with Gasteiger partial charge >= 0.3 is 5.69 Å². The number of fused-ring (bicyclic) bond motifs is 2. The van der Waals surface area contributed by atoms with Crippen LogP contribution in [0.5, 0.6) is 0 Å². The molecule has 2 aliphatic rings. The highest BCUT2D eigenvalue weighted by Crippen LogP contribution is 2.31. The summed E-state index contributed by atoms with van der Waals surface area (Å²) in [5, 5.41) is 4.70. The minimum Gasteiger partial charge on any atom is -0.352 e. The Hall–Kier alpha value is -3.19. The van der Waals surface area contributed by atoms with E-state index in [1.54, 1.807) is 34.3 Å². The second kappa shape index (κ2) is 9.82. The molecule has 5 rings (SSSR count). The summed E-state index contributed by atoms with van der Waals surface area (Å²) in [7, 11) is 0. The van der Waals surface area contributed by atoms with Crippen LogP contribution in [0, 0.1) is 6.92 Å². The van der Waals surface area contributed by atoms with Crippen LogP contribution in [-0.4, -0.2) is 74.7 Å². The maximum absolute atomic E-state index is 12.7. The van der Waals surface area contributed by atoms with Crippen LogP contribution in [0.4, 0.5) is 5.82 Å². The number of piperazine rings is 1. The van der Waals surface area contributed by atoms with Gasteiger partial charge in [0.15, 0.2) is 0 Å². The van der Waals surface area contributed by atoms with Crippen molar-refractivity contribution in [2.24, 2.45) is 0 Å². The Kier molecular flexibility index (Phi) is 6.60. The number of rotatable bonds is 5. The van der Waals surface area contributed by atoms with Crippen molar-refractivity contribution >= 4 is 50.9 Å². The Labute approximate surface area is 208 Å². The van der Waals surface area contributed by atoms with E-state index in [1.807, 2.05) is 6.92 Å². The SMILES string of the molecule is Cc1csc2c(N3CCN(C(=O)CNC(=O)Cn4c5c(c(=O)[nH]c4=O)CSCC5)CC3)ncnc12. The molecule has 184 valence electrons. The van der Waals surface area contributed by atoms with Gasteiger partial charge in [0.05, 0.1) is 16.8 Å². The van der Waals surface area contributed by atoms with E-state index in [0.29, 0.717) is 49.6 Å². The Morgan fingerprint density at radius 1 is 1.17 bits per heavy atom. The quantitative estimate of drug-likeness (QED) is 0.489. The summed E-state index contributed by atoms with van der Waals surface area (Å²) < 4.78 is 2.36. The lowest BCUT2D eigenvalue weighted by Gasteiger charge is -2.35. The second-order valence-corrected chi connectivity index (χ2v) is 10.5. The van der Waals surface area contributed by atoms with Gasteiger partial charge < -0.3 is 15.1 Å². The average Bonchev–Trinajstić information content (AvgIpc) is 3.26. The van der Waals surface area contributed by atoms with Crippen molar-refractivity contribution in [1.29, 1.82) is 0 Å². The highest BCUT2D eigenvalue weighted by Gasteiger charge is 2.25. The maximum atomic E-state index is 12.7. The molecule has 0 spiro atoms. The summed E-state index contributed by atoms with van der Waals surface area (Å²) in [5.74, 6) is 1.58. The van der Waals surface area contributed by atoms with Crippen molar-refractivity contribution in [2.45, 2.75) is 25.6 Å². The zero-order valence-electron chi connectivity index (χ0n) is 19.2. The molecule has 0 bridgehead atoms. The van der Waals surface area contributed by atoms with Gasteiger partial charge in [0.25, 0.3) is 5.56 Å². The number of nitrogens with zero attached hydrogens (tertiary/aromatic N) is 5. The molecule has 3 aromatic rings. The smallest absolute Gasteiger partial charge is 0.329 e. The van der Waals surface area contributed by atoms with Gasteiger partial charge in [0, 0.05) is 43.2 Å². The first-order valence-electron chi connectivity index (χ1n) is 11.3. The van der Waals surface area contributed by atoms with E-state index in [0.717, 1.165) is 27.4 Å². The van der Waals surface area contributed by atoms with Crippen molar-refractivity contribution in [1.82, 2.24) is 29.7 Å². The lowest BCUT2D eigenvalue weighted by atomic mass is 10.2. The summed E-state index contributed by atoms with van der Waals surface area (Å²) in [6.45, 7) is 3.98. The first-order valence-corrected chi connectivity index (χ1v) is 13.4. The number of nitrogens with one attached hydrogen (secondary N) is 2. The zero-order chi connectivity index (χ0) is 24.5. The van der Waals surface area contributed by atoms with Crippen molar-refractivity contribution in [2.75, 3.05) is 43.4 Å². The van der Waals surface area contributed by atoms with Crippen LogP contribution in [0.15, 0.2) is 21.3 Å². The van der Waals surface area contributed by atoms with E-state index in [2.05, 4.69) is 30.5 Å². The molecule has 35 heavy (non-hydrogen) atoms. The van der Waals surface area contributed by atoms with Gasteiger partial charge in [-0.15, -0.1) is 11.3 Å². The van der Waals surface area contributed by atoms with E-state index in [1.165, 1.54) is 4.57 Å². The molecule has 2 N–H and O–H groups in total. The monoisotopic (exact) mass is 515 g/mol. The van der Waals surface area contributed by atoms with E-state index in [9.17, 15) is 19.2 Å². The number of aryl methyl sites for hydroxylation is 1. The van der Waals surface area contributed by atoms with Gasteiger partial charge in [0.1, 0.15) is 18.7 Å². The van der Waals surface area contributed by atoms with Crippen LogP contribution in [-0.2, 0) is 28.3 Å². The predicted molar refractivity (Wildman–Crippen MR) is 135 cm³/mol. The molecule has 13 heteroatoms. The van der Waals surface area contributed by atoms with Crippen LogP contribution in [0.2, 0.25) is 0 Å². The van der Waals surface area contributed by atoms with Crippen LogP contribution in [0.25, 0.3) is 10.2 Å². The number of aromatic nitrogens is 4. The molecule has 2 aliphatic heterocycles. The lowest BCUT2D eigenvalue weighted by Crippen LogP contribution is -2.51. The van der Waals surface area contributed by atoms with Crippen LogP contribution < -0.4 is 21.5 Å². The molecule has 1 fully saturated rings. The molecule has 2 amide bonds. The van der Waals surface area contributed by atoms with Crippen molar-refractivity contribution < 1.29 is 9.59 Å². The fourth-order valence-electron chi connectivity index (χ4n) is 4.44. The van der Waals surface area contributed by atoms with E-state index in [4.69, 9.17) is 0 Å². The zero-order valence-corrected chi connectivity index (χ0v) is 20.8. The number of thioether (sulfide) groups is 1. The van der Waals surface area contributed by atoms with Gasteiger partial charge in [-0.1, -0.05) is 0 Å².